The molecule has 1 amide bonds. The van der Waals surface area contributed by atoms with Gasteiger partial charge in [-0.2, -0.15) is 8.42 Å². The normalized spacial score (nSPS) is 25.2. The van der Waals surface area contributed by atoms with Gasteiger partial charge in [-0.25, -0.2) is 0 Å². The molecular formula is C17H25NO13S. The first-order valence-electron chi connectivity index (χ1n) is 9.14. The molecule has 0 aromatic rings. The van der Waals surface area contributed by atoms with Gasteiger partial charge >= 0.3 is 23.9 Å². The van der Waals surface area contributed by atoms with E-state index < -0.39 is 83.8 Å². The third-order valence-corrected chi connectivity index (χ3v) is 4.26. The molecule has 0 aliphatic carbocycles. The number of esters is 4. The Bertz CT molecular complexity index is 839. The molecule has 0 saturated carbocycles. The molecule has 0 bridgehead atoms. The number of nitrogens with one attached hydrogen (secondary N) is 1. The average molecular weight is 483 g/mol. The Labute approximate surface area is 183 Å². The molecule has 1 saturated heterocycles. The van der Waals surface area contributed by atoms with Crippen molar-refractivity contribution in [2.24, 2.45) is 0 Å². The molecule has 0 aromatic heterocycles. The van der Waals surface area contributed by atoms with Gasteiger partial charge < -0.3 is 29.0 Å². The second-order valence-corrected chi connectivity index (χ2v) is 8.31. The summed E-state index contributed by atoms with van der Waals surface area (Å²) in [6, 6.07) is -1.45. The van der Waals surface area contributed by atoms with E-state index in [9.17, 15) is 32.4 Å². The van der Waals surface area contributed by atoms with Gasteiger partial charge in [0.1, 0.15) is 25.4 Å². The van der Waals surface area contributed by atoms with Crippen LogP contribution in [0.3, 0.4) is 0 Å². The largest absolute Gasteiger partial charge is 0.463 e. The van der Waals surface area contributed by atoms with Crippen LogP contribution in [0.25, 0.3) is 0 Å². The van der Waals surface area contributed by atoms with Gasteiger partial charge in [-0.15, -0.1) is 0 Å². The van der Waals surface area contributed by atoms with Crippen LogP contribution in [0.2, 0.25) is 0 Å². The fourth-order valence-corrected chi connectivity index (χ4v) is 3.03. The molecule has 3 unspecified atom stereocenters. The lowest BCUT2D eigenvalue weighted by Crippen LogP contribution is -2.67. The zero-order valence-corrected chi connectivity index (χ0v) is 18.8. The highest BCUT2D eigenvalue weighted by molar-refractivity contribution is 7.86. The highest BCUT2D eigenvalue weighted by Crippen LogP contribution is 2.28. The predicted molar refractivity (Wildman–Crippen MR) is 101 cm³/mol. The van der Waals surface area contributed by atoms with Crippen molar-refractivity contribution in [1.29, 1.82) is 0 Å². The predicted octanol–water partition coefficient (Wildman–Crippen LogP) is -1.84. The highest BCUT2D eigenvalue weighted by atomic mass is 32.2. The summed E-state index contributed by atoms with van der Waals surface area (Å²) in [5.74, 6) is -4.22. The number of carbonyl (C=O) groups is 5. The van der Waals surface area contributed by atoms with Crippen molar-refractivity contribution in [1.82, 2.24) is 5.32 Å². The van der Waals surface area contributed by atoms with E-state index in [0.29, 0.717) is 0 Å². The summed E-state index contributed by atoms with van der Waals surface area (Å²) < 4.78 is 52.5. The second kappa shape index (κ2) is 11.7. The number of hydrogen-bond donors (Lipinski definition) is 1. The van der Waals surface area contributed by atoms with Crippen molar-refractivity contribution in [3.63, 3.8) is 0 Å². The summed E-state index contributed by atoms with van der Waals surface area (Å²) in [6.07, 6.45) is -4.99. The van der Waals surface area contributed by atoms with Crippen LogP contribution >= 0.6 is 0 Å². The van der Waals surface area contributed by atoms with Crippen molar-refractivity contribution in [2.75, 3.05) is 19.5 Å². The van der Waals surface area contributed by atoms with Crippen molar-refractivity contribution < 1.29 is 60.3 Å². The molecule has 1 N–H and O–H groups in total. The Morgan fingerprint density at radius 2 is 1.38 bits per heavy atom. The minimum absolute atomic E-state index is 0.472. The van der Waals surface area contributed by atoms with E-state index in [0.717, 1.165) is 34.0 Å². The van der Waals surface area contributed by atoms with Crippen LogP contribution < -0.4 is 5.32 Å². The van der Waals surface area contributed by atoms with Crippen LogP contribution in [0.5, 0.6) is 0 Å². The van der Waals surface area contributed by atoms with Gasteiger partial charge in [0.2, 0.25) is 12.2 Å². The maximum Gasteiger partial charge on any atom is 0.305 e. The number of hydrogen-bond acceptors (Lipinski definition) is 13. The Morgan fingerprint density at radius 1 is 0.844 bits per heavy atom. The molecule has 1 fully saturated rings. The highest BCUT2D eigenvalue weighted by Gasteiger charge is 2.52. The third kappa shape index (κ3) is 9.57. The summed E-state index contributed by atoms with van der Waals surface area (Å²) in [5.41, 5.74) is 0. The van der Waals surface area contributed by atoms with E-state index in [1.165, 1.54) is 0 Å². The van der Waals surface area contributed by atoms with Crippen LogP contribution in [-0.4, -0.2) is 88.3 Å². The first kappa shape index (κ1) is 27.3. The zero-order valence-electron chi connectivity index (χ0n) is 18.0. The summed E-state index contributed by atoms with van der Waals surface area (Å²) in [4.78, 5) is 58.4. The van der Waals surface area contributed by atoms with E-state index in [2.05, 4.69) is 9.50 Å². The molecule has 0 radical (unpaired) electrons. The van der Waals surface area contributed by atoms with Gasteiger partial charge in [-0.05, 0) is 0 Å². The molecule has 32 heavy (non-hydrogen) atoms. The first-order valence-corrected chi connectivity index (χ1v) is 11.0. The summed E-state index contributed by atoms with van der Waals surface area (Å²) in [5, 5.41) is 2.28. The minimum atomic E-state index is -3.96. The van der Waals surface area contributed by atoms with E-state index in [4.69, 9.17) is 23.7 Å². The van der Waals surface area contributed by atoms with E-state index in [1.54, 1.807) is 0 Å². The standard InChI is InChI=1S/C17H25NO13S/c1-8(19)26-6-12-15(28-9(2)20)16(29-10(3)21)14(17(31-12)30-11(4)22)18-13(23)7-27-32(5,24)25/h12,14-17H,6-7H2,1-5H3,(H,18,23)/t12?,14-,15-,16?,17?/m1/s1. The summed E-state index contributed by atoms with van der Waals surface area (Å²) >= 11 is 0. The Hall–Kier alpha value is -2.78. The van der Waals surface area contributed by atoms with Gasteiger partial charge in [0.15, 0.2) is 12.2 Å². The number of rotatable bonds is 9. The van der Waals surface area contributed by atoms with Gasteiger partial charge in [0.05, 0.1) is 6.26 Å². The fourth-order valence-electron chi connectivity index (χ4n) is 2.71. The molecule has 5 atom stereocenters. The van der Waals surface area contributed by atoms with E-state index in [1.807, 2.05) is 0 Å². The molecule has 0 aromatic carbocycles. The second-order valence-electron chi connectivity index (χ2n) is 6.66. The molecule has 1 aliphatic heterocycles. The van der Waals surface area contributed by atoms with Gasteiger partial charge in [-0.1, -0.05) is 0 Å². The van der Waals surface area contributed by atoms with Crippen LogP contribution in [0.1, 0.15) is 27.7 Å². The maximum atomic E-state index is 12.2. The first-order chi connectivity index (χ1) is 14.7. The molecule has 1 aliphatic rings. The Morgan fingerprint density at radius 3 is 1.84 bits per heavy atom. The number of ether oxygens (including phenoxy) is 5. The van der Waals surface area contributed by atoms with Crippen molar-refractivity contribution in [3.05, 3.63) is 0 Å². The summed E-state index contributed by atoms with van der Waals surface area (Å²) in [7, 11) is -3.96. The molecular weight excluding hydrogens is 458 g/mol. The third-order valence-electron chi connectivity index (χ3n) is 3.72. The molecule has 1 rings (SSSR count). The minimum Gasteiger partial charge on any atom is -0.463 e. The molecule has 14 nitrogen and oxygen atoms in total. The molecule has 0 spiro atoms. The quantitative estimate of drug-likeness (QED) is 0.219. The van der Waals surface area contributed by atoms with E-state index >= 15 is 0 Å². The lowest BCUT2D eigenvalue weighted by Gasteiger charge is -2.44. The number of carbonyl (C=O) groups excluding carboxylic acids is 5. The maximum absolute atomic E-state index is 12.2. The molecule has 1 heterocycles. The number of amides is 1. The van der Waals surface area contributed by atoms with Crippen LogP contribution in [0.4, 0.5) is 0 Å². The van der Waals surface area contributed by atoms with Crippen molar-refractivity contribution in [2.45, 2.75) is 58.3 Å². The van der Waals surface area contributed by atoms with Crippen LogP contribution in [0, 0.1) is 0 Å². The van der Waals surface area contributed by atoms with E-state index in [-0.39, 0.29) is 0 Å². The lowest BCUT2D eigenvalue weighted by molar-refractivity contribution is -0.271. The van der Waals surface area contributed by atoms with Gasteiger partial charge in [0.25, 0.3) is 10.1 Å². The summed E-state index contributed by atoms with van der Waals surface area (Å²) in [6.45, 7) is 2.83. The molecule has 182 valence electrons. The fraction of sp³-hybridized carbons (Fsp3) is 0.706. The van der Waals surface area contributed by atoms with Crippen molar-refractivity contribution in [3.8, 4) is 0 Å². The van der Waals surface area contributed by atoms with Gasteiger partial charge in [0, 0.05) is 27.7 Å². The average Bonchev–Trinajstić information content (AvgIpc) is 2.61. The lowest BCUT2D eigenvalue weighted by atomic mass is 9.96. The van der Waals surface area contributed by atoms with Crippen LogP contribution in [0.15, 0.2) is 0 Å². The monoisotopic (exact) mass is 483 g/mol. The van der Waals surface area contributed by atoms with Gasteiger partial charge in [-0.3, -0.25) is 28.2 Å². The SMILES string of the molecule is CC(=O)OCC1OC(OC(C)=O)[C@H](NC(=O)COS(C)(=O)=O)C(OC(C)=O)[C@@H]1OC(C)=O. The Balaban J connectivity index is 3.31. The van der Waals surface area contributed by atoms with Crippen LogP contribution in [-0.2, 0) is 62.0 Å². The zero-order chi connectivity index (χ0) is 24.6. The smallest absolute Gasteiger partial charge is 0.305 e. The topological polar surface area (TPSA) is 187 Å². The van der Waals surface area contributed by atoms with Crippen molar-refractivity contribution >= 4 is 39.9 Å². The Kier molecular flexibility index (Phi) is 9.99. The molecule has 15 heteroatoms.